The van der Waals surface area contributed by atoms with Crippen molar-refractivity contribution in [1.29, 1.82) is 0 Å². The molecule has 0 fully saturated rings. The Morgan fingerprint density at radius 2 is 1.92 bits per heavy atom. The molecule has 2 rings (SSSR count). The number of thiophene rings is 1. The van der Waals surface area contributed by atoms with Crippen LogP contribution in [0.15, 0.2) is 41.8 Å². The van der Waals surface area contributed by atoms with Gasteiger partial charge >= 0.3 is 0 Å². The molecule has 0 radical (unpaired) electrons. The molecule has 0 bridgehead atoms. The Bertz CT molecular complexity index is 651. The van der Waals surface area contributed by atoms with Crippen molar-refractivity contribution in [3.8, 4) is 0 Å². The van der Waals surface area contributed by atoms with Gasteiger partial charge in [0.1, 0.15) is 0 Å². The molecule has 2 aromatic rings. The number of hydrogen-bond donors (Lipinski definition) is 1. The molecule has 0 spiro atoms. The van der Waals surface area contributed by atoms with Gasteiger partial charge in [0.2, 0.25) is 5.91 Å². The smallest absolute Gasteiger partial charge is 0.227 e. The first-order valence-corrected chi connectivity index (χ1v) is 9.28. The molecule has 1 N–H and O–H groups in total. The molecule has 130 valence electrons. The average molecular weight is 365 g/mol. The Hall–Kier alpha value is -1.36. The van der Waals surface area contributed by atoms with Crippen LogP contribution in [0.5, 0.6) is 0 Å². The third-order valence-corrected chi connectivity index (χ3v) is 5.63. The van der Waals surface area contributed by atoms with E-state index in [1.807, 2.05) is 49.8 Å². The van der Waals surface area contributed by atoms with E-state index in [-0.39, 0.29) is 17.4 Å². The molecule has 0 saturated carbocycles. The molecule has 1 aromatic heterocycles. The van der Waals surface area contributed by atoms with Gasteiger partial charge in [0.15, 0.2) is 0 Å². The van der Waals surface area contributed by atoms with Crippen molar-refractivity contribution in [1.82, 2.24) is 10.2 Å². The monoisotopic (exact) mass is 364 g/mol. The van der Waals surface area contributed by atoms with Crippen molar-refractivity contribution >= 4 is 28.8 Å². The van der Waals surface area contributed by atoms with Crippen LogP contribution in [0.2, 0.25) is 5.02 Å². The lowest BCUT2D eigenvalue weighted by Gasteiger charge is -2.33. The Labute approximate surface area is 153 Å². The number of carbonyl (C=O) groups is 1. The average Bonchev–Trinajstić information content (AvgIpc) is 3.04. The highest BCUT2D eigenvalue weighted by atomic mass is 35.5. The minimum atomic E-state index is -0.209. The second kappa shape index (κ2) is 8.15. The third-order valence-electron chi connectivity index (χ3n) is 4.48. The van der Waals surface area contributed by atoms with Gasteiger partial charge in [0.05, 0.1) is 5.92 Å². The number of benzene rings is 1. The highest BCUT2D eigenvalue weighted by molar-refractivity contribution is 7.09. The van der Waals surface area contributed by atoms with Crippen LogP contribution in [0.4, 0.5) is 0 Å². The molecule has 0 aliphatic carbocycles. The highest BCUT2D eigenvalue weighted by Crippen LogP contribution is 2.25. The summed E-state index contributed by atoms with van der Waals surface area (Å²) in [5.74, 6) is -0.153. The summed E-state index contributed by atoms with van der Waals surface area (Å²) in [5, 5.41) is 5.85. The lowest BCUT2D eigenvalue weighted by Crippen LogP contribution is -2.49. The first-order chi connectivity index (χ1) is 11.3. The third kappa shape index (κ3) is 5.07. The predicted molar refractivity (Wildman–Crippen MR) is 103 cm³/mol. The molecule has 1 aromatic carbocycles. The molecule has 1 heterocycles. The van der Waals surface area contributed by atoms with Gasteiger partial charge in [-0.05, 0) is 63.5 Å². The molecular weight excluding hydrogens is 340 g/mol. The zero-order chi connectivity index (χ0) is 17.7. The molecule has 0 aliphatic heterocycles. The summed E-state index contributed by atoms with van der Waals surface area (Å²) in [6.07, 6.45) is 0.702. The molecule has 1 atom stereocenters. The fourth-order valence-corrected chi connectivity index (χ4v) is 3.15. The summed E-state index contributed by atoms with van der Waals surface area (Å²) < 4.78 is 0. The number of carbonyl (C=O) groups excluding carboxylic acids is 1. The van der Waals surface area contributed by atoms with E-state index in [2.05, 4.69) is 30.1 Å². The van der Waals surface area contributed by atoms with Gasteiger partial charge in [-0.3, -0.25) is 4.79 Å². The van der Waals surface area contributed by atoms with Crippen molar-refractivity contribution in [3.05, 3.63) is 57.2 Å². The Kier molecular flexibility index (Phi) is 6.44. The zero-order valence-corrected chi connectivity index (χ0v) is 16.2. The number of likely N-dealkylation sites (N-methyl/N-ethyl adjacent to an activating group) is 1. The summed E-state index contributed by atoms with van der Waals surface area (Å²) in [5.41, 5.74) is 0.899. The number of rotatable bonds is 7. The van der Waals surface area contributed by atoms with Crippen molar-refractivity contribution < 1.29 is 4.79 Å². The van der Waals surface area contributed by atoms with E-state index in [1.165, 1.54) is 4.88 Å². The van der Waals surface area contributed by atoms with E-state index < -0.39 is 0 Å². The SMILES string of the molecule is CN(C)C(C)(C)CNC(=O)C(Cc1cccs1)c1ccc(Cl)cc1. The van der Waals surface area contributed by atoms with Crippen LogP contribution < -0.4 is 5.32 Å². The number of nitrogens with one attached hydrogen (secondary N) is 1. The summed E-state index contributed by atoms with van der Waals surface area (Å²) in [4.78, 5) is 16.2. The standard InChI is InChI=1S/C19H25ClN2OS/c1-19(2,22(3)4)13-21-18(23)17(12-16-6-5-11-24-16)14-7-9-15(20)10-8-14/h5-11,17H,12-13H2,1-4H3,(H,21,23). The van der Waals surface area contributed by atoms with Crippen LogP contribution in [0, 0.1) is 0 Å². The minimum Gasteiger partial charge on any atom is -0.354 e. The van der Waals surface area contributed by atoms with Gasteiger partial charge in [0.25, 0.3) is 0 Å². The molecule has 1 unspecified atom stereocenters. The Morgan fingerprint density at radius 1 is 1.25 bits per heavy atom. The quantitative estimate of drug-likeness (QED) is 0.799. The topological polar surface area (TPSA) is 32.3 Å². The van der Waals surface area contributed by atoms with E-state index in [0.717, 1.165) is 5.56 Å². The van der Waals surface area contributed by atoms with E-state index in [4.69, 9.17) is 11.6 Å². The Morgan fingerprint density at radius 3 is 2.46 bits per heavy atom. The zero-order valence-electron chi connectivity index (χ0n) is 14.7. The number of halogens is 1. The van der Waals surface area contributed by atoms with Crippen molar-refractivity contribution in [2.24, 2.45) is 0 Å². The normalized spacial score (nSPS) is 13.1. The highest BCUT2D eigenvalue weighted by Gasteiger charge is 2.25. The van der Waals surface area contributed by atoms with Crippen molar-refractivity contribution in [3.63, 3.8) is 0 Å². The van der Waals surface area contributed by atoms with E-state index >= 15 is 0 Å². The lowest BCUT2D eigenvalue weighted by molar-refractivity contribution is -0.123. The number of nitrogens with zero attached hydrogens (tertiary/aromatic N) is 1. The largest absolute Gasteiger partial charge is 0.354 e. The van der Waals surface area contributed by atoms with E-state index in [1.54, 1.807) is 11.3 Å². The number of hydrogen-bond acceptors (Lipinski definition) is 3. The second-order valence-corrected chi connectivity index (χ2v) is 8.28. The van der Waals surface area contributed by atoms with Crippen LogP contribution in [0.1, 0.15) is 30.2 Å². The van der Waals surface area contributed by atoms with Crippen molar-refractivity contribution in [2.45, 2.75) is 31.7 Å². The first-order valence-electron chi connectivity index (χ1n) is 8.02. The van der Waals surface area contributed by atoms with E-state index in [9.17, 15) is 4.79 Å². The summed E-state index contributed by atoms with van der Waals surface area (Å²) in [6.45, 7) is 4.83. The lowest BCUT2D eigenvalue weighted by atomic mass is 9.93. The van der Waals surface area contributed by atoms with Crippen LogP contribution in [0.25, 0.3) is 0 Å². The van der Waals surface area contributed by atoms with Gasteiger partial charge in [-0.15, -0.1) is 11.3 Å². The molecule has 3 nitrogen and oxygen atoms in total. The first kappa shape index (κ1) is 19.0. The number of amides is 1. The molecule has 24 heavy (non-hydrogen) atoms. The van der Waals surface area contributed by atoms with Crippen LogP contribution in [-0.2, 0) is 11.2 Å². The van der Waals surface area contributed by atoms with E-state index in [0.29, 0.717) is 18.0 Å². The van der Waals surface area contributed by atoms with Crippen LogP contribution >= 0.6 is 22.9 Å². The van der Waals surface area contributed by atoms with Gasteiger partial charge in [-0.2, -0.15) is 0 Å². The molecular formula is C19H25ClN2OS. The maximum Gasteiger partial charge on any atom is 0.227 e. The second-order valence-electron chi connectivity index (χ2n) is 6.81. The van der Waals surface area contributed by atoms with Crippen molar-refractivity contribution in [2.75, 3.05) is 20.6 Å². The minimum absolute atomic E-state index is 0.0562. The van der Waals surface area contributed by atoms with Gasteiger partial charge in [-0.25, -0.2) is 0 Å². The predicted octanol–water partition coefficient (Wildman–Crippen LogP) is 4.18. The molecule has 5 heteroatoms. The molecule has 0 saturated heterocycles. The maximum absolute atomic E-state index is 12.9. The summed E-state index contributed by atoms with van der Waals surface area (Å²) >= 11 is 7.67. The van der Waals surface area contributed by atoms with Gasteiger partial charge in [-0.1, -0.05) is 29.8 Å². The van der Waals surface area contributed by atoms with Gasteiger partial charge < -0.3 is 10.2 Å². The van der Waals surface area contributed by atoms with Crippen LogP contribution in [0.3, 0.4) is 0 Å². The molecule has 1 amide bonds. The molecule has 0 aliphatic rings. The van der Waals surface area contributed by atoms with Gasteiger partial charge in [0, 0.05) is 22.0 Å². The van der Waals surface area contributed by atoms with Crippen LogP contribution in [-0.4, -0.2) is 37.0 Å². The maximum atomic E-state index is 12.9. The summed E-state index contributed by atoms with van der Waals surface area (Å²) in [7, 11) is 4.04. The fourth-order valence-electron chi connectivity index (χ4n) is 2.27. The fraction of sp³-hybridized carbons (Fsp3) is 0.421. The summed E-state index contributed by atoms with van der Waals surface area (Å²) in [6, 6.07) is 11.7. The Balaban J connectivity index is 2.15.